The van der Waals surface area contributed by atoms with Gasteiger partial charge in [-0.3, -0.25) is 0 Å². The average Bonchev–Trinajstić information content (AvgIpc) is 2.15. The maximum Gasteiger partial charge on any atom is 2.00 e. The van der Waals surface area contributed by atoms with E-state index >= 15 is 0 Å². The Kier molecular flexibility index (Phi) is 34.0. The summed E-state index contributed by atoms with van der Waals surface area (Å²) in [6.07, 6.45) is 11.6. The SMILES string of the molecule is [CH2-]CCCC.[CH2-]CCCCCCC.[Mg+2]. The molecule has 0 rings (SSSR count). The minimum absolute atomic E-state index is 0. The molecule has 0 aromatic rings. The molecule has 14 heavy (non-hydrogen) atoms. The van der Waals surface area contributed by atoms with E-state index in [4.69, 9.17) is 0 Å². The fourth-order valence-corrected chi connectivity index (χ4v) is 1.03. The summed E-state index contributed by atoms with van der Waals surface area (Å²) in [6, 6.07) is 0. The molecule has 0 radical (unpaired) electrons. The number of hydrogen-bond acceptors (Lipinski definition) is 0. The third-order valence-corrected chi connectivity index (χ3v) is 1.96. The Labute approximate surface area is 108 Å². The van der Waals surface area contributed by atoms with Gasteiger partial charge in [0.15, 0.2) is 0 Å². The van der Waals surface area contributed by atoms with Gasteiger partial charge < -0.3 is 13.8 Å². The van der Waals surface area contributed by atoms with E-state index in [2.05, 4.69) is 27.7 Å². The summed E-state index contributed by atoms with van der Waals surface area (Å²) in [5.41, 5.74) is 0. The summed E-state index contributed by atoms with van der Waals surface area (Å²) in [6.45, 7) is 11.9. The van der Waals surface area contributed by atoms with Crippen molar-refractivity contribution in [2.24, 2.45) is 0 Å². The first kappa shape index (κ1) is 20.2. The van der Waals surface area contributed by atoms with E-state index in [1.54, 1.807) is 0 Å². The van der Waals surface area contributed by atoms with Gasteiger partial charge in [0.1, 0.15) is 0 Å². The summed E-state index contributed by atoms with van der Waals surface area (Å²) >= 11 is 0. The minimum Gasteiger partial charge on any atom is -0.343 e. The van der Waals surface area contributed by atoms with Crippen molar-refractivity contribution in [3.05, 3.63) is 13.8 Å². The second-order valence-electron chi connectivity index (χ2n) is 3.47. The molecular formula is C13H28Mg. The third-order valence-electron chi connectivity index (χ3n) is 1.96. The van der Waals surface area contributed by atoms with E-state index in [1.165, 1.54) is 44.9 Å². The largest absolute Gasteiger partial charge is 2.00 e. The summed E-state index contributed by atoms with van der Waals surface area (Å²) in [4.78, 5) is 0. The van der Waals surface area contributed by atoms with Crippen molar-refractivity contribution in [3.63, 3.8) is 0 Å². The molecule has 0 aromatic heterocycles. The smallest absolute Gasteiger partial charge is 0.343 e. The van der Waals surface area contributed by atoms with Crippen LogP contribution in [-0.4, -0.2) is 23.1 Å². The van der Waals surface area contributed by atoms with Crippen LogP contribution in [0.1, 0.15) is 71.6 Å². The van der Waals surface area contributed by atoms with Crippen LogP contribution in [0.4, 0.5) is 0 Å². The molecule has 0 heterocycles. The van der Waals surface area contributed by atoms with Gasteiger partial charge in [-0.15, -0.1) is 0 Å². The van der Waals surface area contributed by atoms with E-state index in [9.17, 15) is 0 Å². The average molecular weight is 209 g/mol. The maximum atomic E-state index is 3.78. The van der Waals surface area contributed by atoms with E-state index in [0.29, 0.717) is 0 Å². The molecule has 0 amide bonds. The monoisotopic (exact) mass is 208 g/mol. The molecule has 0 saturated heterocycles. The van der Waals surface area contributed by atoms with Crippen LogP contribution in [0.3, 0.4) is 0 Å². The predicted octanol–water partition coefficient (Wildman–Crippen LogP) is 4.81. The zero-order chi connectivity index (χ0) is 10.4. The maximum absolute atomic E-state index is 3.78. The third kappa shape index (κ3) is 29.3. The van der Waals surface area contributed by atoms with Crippen LogP contribution >= 0.6 is 0 Å². The molecular weight excluding hydrogens is 180 g/mol. The summed E-state index contributed by atoms with van der Waals surface area (Å²) in [5.74, 6) is 0. The van der Waals surface area contributed by atoms with Gasteiger partial charge in [0, 0.05) is 0 Å². The Bertz CT molecular complexity index is 54.3. The Hall–Kier alpha value is 0.766. The zero-order valence-electron chi connectivity index (χ0n) is 10.5. The quantitative estimate of drug-likeness (QED) is 0.320. The molecule has 0 aromatic carbocycles. The topological polar surface area (TPSA) is 0 Å². The van der Waals surface area contributed by atoms with Crippen molar-refractivity contribution in [1.82, 2.24) is 0 Å². The van der Waals surface area contributed by atoms with Crippen LogP contribution in [0.25, 0.3) is 0 Å². The number of unbranched alkanes of at least 4 members (excludes halogenated alkanes) is 7. The van der Waals surface area contributed by atoms with E-state index in [0.717, 1.165) is 12.8 Å². The summed E-state index contributed by atoms with van der Waals surface area (Å²) in [7, 11) is 0. The standard InChI is InChI=1S/C8H17.C5H11.Mg/c1-3-5-7-8-6-4-2;1-3-5-4-2;/h1,3-8H2,2H3;1,3-5H2,2H3;/q2*-1;+2. The summed E-state index contributed by atoms with van der Waals surface area (Å²) in [5, 5.41) is 0. The molecule has 0 N–H and O–H groups in total. The Morgan fingerprint density at radius 3 is 1.36 bits per heavy atom. The molecule has 0 aliphatic heterocycles. The first-order valence-electron chi connectivity index (χ1n) is 5.91. The molecule has 0 aliphatic carbocycles. The van der Waals surface area contributed by atoms with Crippen LogP contribution in [0.15, 0.2) is 0 Å². The fourth-order valence-electron chi connectivity index (χ4n) is 1.03. The molecule has 0 unspecified atom stereocenters. The predicted molar refractivity (Wildman–Crippen MR) is 69.4 cm³/mol. The minimum atomic E-state index is 0. The van der Waals surface area contributed by atoms with Crippen molar-refractivity contribution >= 4 is 23.1 Å². The Morgan fingerprint density at radius 1 is 0.643 bits per heavy atom. The first-order valence-corrected chi connectivity index (χ1v) is 5.91. The fraction of sp³-hybridized carbons (Fsp3) is 0.846. The van der Waals surface area contributed by atoms with Crippen LogP contribution in [0, 0.1) is 13.8 Å². The molecule has 0 saturated carbocycles. The van der Waals surface area contributed by atoms with Crippen molar-refractivity contribution in [2.45, 2.75) is 71.6 Å². The van der Waals surface area contributed by atoms with Crippen LogP contribution < -0.4 is 0 Å². The molecule has 0 bridgehead atoms. The van der Waals surface area contributed by atoms with Crippen LogP contribution in [0.5, 0.6) is 0 Å². The number of rotatable bonds is 7. The van der Waals surface area contributed by atoms with E-state index < -0.39 is 0 Å². The van der Waals surface area contributed by atoms with Crippen molar-refractivity contribution in [2.75, 3.05) is 0 Å². The van der Waals surface area contributed by atoms with Crippen LogP contribution in [0.2, 0.25) is 0 Å². The molecule has 0 atom stereocenters. The zero-order valence-corrected chi connectivity index (χ0v) is 11.9. The molecule has 82 valence electrons. The van der Waals surface area contributed by atoms with Crippen LogP contribution in [-0.2, 0) is 0 Å². The number of hydrogen-bond donors (Lipinski definition) is 0. The molecule has 0 aliphatic rings. The van der Waals surface area contributed by atoms with Crippen molar-refractivity contribution in [1.29, 1.82) is 0 Å². The van der Waals surface area contributed by atoms with E-state index in [1.807, 2.05) is 0 Å². The molecule has 0 fully saturated rings. The Morgan fingerprint density at radius 2 is 1.07 bits per heavy atom. The normalized spacial score (nSPS) is 8.57. The van der Waals surface area contributed by atoms with Gasteiger partial charge in [-0.1, -0.05) is 58.8 Å². The molecule has 0 nitrogen and oxygen atoms in total. The molecule has 1 heteroatoms. The van der Waals surface area contributed by atoms with Gasteiger partial charge >= 0.3 is 23.1 Å². The van der Waals surface area contributed by atoms with Gasteiger partial charge in [0.05, 0.1) is 0 Å². The summed E-state index contributed by atoms with van der Waals surface area (Å²) < 4.78 is 0. The second kappa shape index (κ2) is 23.5. The van der Waals surface area contributed by atoms with Crippen molar-refractivity contribution < 1.29 is 0 Å². The van der Waals surface area contributed by atoms with Gasteiger partial charge in [-0.05, 0) is 0 Å². The van der Waals surface area contributed by atoms with Gasteiger partial charge in [-0.25, -0.2) is 0 Å². The Balaban J connectivity index is -0.000000177. The van der Waals surface area contributed by atoms with Gasteiger partial charge in [0.25, 0.3) is 0 Å². The molecule has 0 spiro atoms. The van der Waals surface area contributed by atoms with Gasteiger partial charge in [0.2, 0.25) is 0 Å². The first-order chi connectivity index (χ1) is 6.33. The second-order valence-corrected chi connectivity index (χ2v) is 3.47. The van der Waals surface area contributed by atoms with E-state index in [-0.39, 0.29) is 23.1 Å². The van der Waals surface area contributed by atoms with Gasteiger partial charge in [-0.2, -0.15) is 12.8 Å². The van der Waals surface area contributed by atoms with Crippen molar-refractivity contribution in [3.8, 4) is 0 Å².